The van der Waals surface area contributed by atoms with Gasteiger partial charge in [0.15, 0.2) is 0 Å². The highest BCUT2D eigenvalue weighted by molar-refractivity contribution is 5.78. The molecular formula is C15H23N3O2. The Kier molecular flexibility index (Phi) is 5.24. The molecule has 0 aliphatic carbocycles. The van der Waals surface area contributed by atoms with Gasteiger partial charge >= 0.3 is 0 Å². The third kappa shape index (κ3) is 4.13. The molecule has 1 aliphatic heterocycles. The number of carbonyl (C=O) groups excluding carboxylic acids is 1. The maximum absolute atomic E-state index is 12.0. The summed E-state index contributed by atoms with van der Waals surface area (Å²) in [7, 11) is 1.94. The van der Waals surface area contributed by atoms with Gasteiger partial charge in [-0.15, -0.1) is 0 Å². The van der Waals surface area contributed by atoms with Crippen molar-refractivity contribution in [3.8, 4) is 5.75 Å². The van der Waals surface area contributed by atoms with Crippen molar-refractivity contribution < 1.29 is 9.53 Å². The minimum absolute atomic E-state index is 0.212. The number of rotatable bonds is 6. The van der Waals surface area contributed by atoms with Gasteiger partial charge in [-0.1, -0.05) is 12.1 Å². The Balaban J connectivity index is 1.68. The fourth-order valence-corrected chi connectivity index (χ4v) is 2.30. The molecule has 1 aromatic carbocycles. The zero-order chi connectivity index (χ0) is 14.4. The number of carbonyl (C=O) groups is 1. The van der Waals surface area contributed by atoms with E-state index in [4.69, 9.17) is 10.5 Å². The maximum Gasteiger partial charge on any atom is 0.236 e. The first-order valence-electron chi connectivity index (χ1n) is 7.10. The summed E-state index contributed by atoms with van der Waals surface area (Å²) in [6, 6.07) is 7.44. The predicted molar refractivity (Wildman–Crippen MR) is 79.7 cm³/mol. The molecule has 1 fully saturated rings. The van der Waals surface area contributed by atoms with Crippen LogP contribution in [0.15, 0.2) is 24.3 Å². The van der Waals surface area contributed by atoms with Gasteiger partial charge in [0.2, 0.25) is 5.91 Å². The van der Waals surface area contributed by atoms with Crippen LogP contribution in [-0.2, 0) is 4.79 Å². The van der Waals surface area contributed by atoms with Crippen LogP contribution in [-0.4, -0.2) is 55.5 Å². The highest BCUT2D eigenvalue weighted by atomic mass is 16.5. The summed E-state index contributed by atoms with van der Waals surface area (Å²) in [4.78, 5) is 15.9. The van der Waals surface area contributed by atoms with E-state index in [1.54, 1.807) is 0 Å². The number of hydrogen-bond donors (Lipinski definition) is 1. The van der Waals surface area contributed by atoms with E-state index < -0.39 is 0 Å². The van der Waals surface area contributed by atoms with Gasteiger partial charge in [-0.2, -0.15) is 0 Å². The van der Waals surface area contributed by atoms with E-state index in [-0.39, 0.29) is 5.91 Å². The lowest BCUT2D eigenvalue weighted by molar-refractivity contribution is -0.131. The number of ether oxygens (including phenoxy) is 1. The minimum Gasteiger partial charge on any atom is -0.490 e. The van der Waals surface area contributed by atoms with Crippen molar-refractivity contribution in [3.63, 3.8) is 0 Å². The maximum atomic E-state index is 12.0. The van der Waals surface area contributed by atoms with Crippen LogP contribution in [0.5, 0.6) is 5.75 Å². The zero-order valence-electron chi connectivity index (χ0n) is 12.0. The summed E-state index contributed by atoms with van der Waals surface area (Å²) in [6.45, 7) is 3.49. The predicted octanol–water partition coefficient (Wildman–Crippen LogP) is 1.20. The molecule has 5 heteroatoms. The summed E-state index contributed by atoms with van der Waals surface area (Å²) in [6.07, 6.45) is 2.26. The Labute approximate surface area is 120 Å². The molecule has 0 unspecified atom stereocenters. The summed E-state index contributed by atoms with van der Waals surface area (Å²) < 4.78 is 5.62. The van der Waals surface area contributed by atoms with Crippen LogP contribution in [0, 0.1) is 0 Å². The highest BCUT2D eigenvalue weighted by Gasteiger charge is 2.18. The highest BCUT2D eigenvalue weighted by Crippen LogP contribution is 2.19. The van der Waals surface area contributed by atoms with Crippen molar-refractivity contribution in [2.45, 2.75) is 12.8 Å². The Morgan fingerprint density at radius 1 is 1.35 bits per heavy atom. The van der Waals surface area contributed by atoms with Crippen LogP contribution < -0.4 is 10.5 Å². The lowest BCUT2D eigenvalue weighted by atomic mass is 10.3. The van der Waals surface area contributed by atoms with Gasteiger partial charge in [0.05, 0.1) is 12.2 Å². The van der Waals surface area contributed by atoms with Crippen LogP contribution in [0.1, 0.15) is 12.8 Å². The molecule has 5 nitrogen and oxygen atoms in total. The number of likely N-dealkylation sites (tertiary alicyclic amines) is 1. The van der Waals surface area contributed by atoms with Gasteiger partial charge in [-0.25, -0.2) is 0 Å². The molecule has 1 aromatic rings. The molecule has 0 bridgehead atoms. The van der Waals surface area contributed by atoms with Gasteiger partial charge in [0.25, 0.3) is 0 Å². The molecule has 2 N–H and O–H groups in total. The third-order valence-electron chi connectivity index (χ3n) is 3.51. The number of benzene rings is 1. The molecule has 0 atom stereocenters. The monoisotopic (exact) mass is 277 g/mol. The number of anilines is 1. The number of para-hydroxylation sites is 2. The summed E-state index contributed by atoms with van der Waals surface area (Å²) in [5.74, 6) is 0.913. The molecule has 20 heavy (non-hydrogen) atoms. The molecule has 2 rings (SSSR count). The number of nitrogens with two attached hydrogens (primary N) is 1. The first-order valence-corrected chi connectivity index (χ1v) is 7.10. The van der Waals surface area contributed by atoms with E-state index in [0.29, 0.717) is 31.1 Å². The number of nitrogens with zero attached hydrogens (tertiary/aromatic N) is 2. The van der Waals surface area contributed by atoms with E-state index in [1.165, 1.54) is 0 Å². The van der Waals surface area contributed by atoms with Crippen LogP contribution >= 0.6 is 0 Å². The van der Waals surface area contributed by atoms with E-state index in [1.807, 2.05) is 41.1 Å². The van der Waals surface area contributed by atoms with Crippen LogP contribution in [0.2, 0.25) is 0 Å². The Morgan fingerprint density at radius 2 is 2.05 bits per heavy atom. The lowest BCUT2D eigenvalue weighted by Gasteiger charge is -2.21. The Morgan fingerprint density at radius 3 is 2.75 bits per heavy atom. The van der Waals surface area contributed by atoms with Crippen LogP contribution in [0.3, 0.4) is 0 Å². The van der Waals surface area contributed by atoms with Crippen molar-refractivity contribution in [2.75, 3.05) is 45.6 Å². The molecule has 1 aliphatic rings. The minimum atomic E-state index is 0.212. The summed E-state index contributed by atoms with van der Waals surface area (Å²) >= 11 is 0. The number of amides is 1. The molecule has 0 spiro atoms. The first-order chi connectivity index (χ1) is 9.66. The quantitative estimate of drug-likeness (QED) is 0.794. The Bertz CT molecular complexity index is 444. The molecule has 110 valence electrons. The van der Waals surface area contributed by atoms with Gasteiger partial charge in [0, 0.05) is 19.6 Å². The molecule has 1 saturated heterocycles. The van der Waals surface area contributed by atoms with Gasteiger partial charge in [-0.3, -0.25) is 9.69 Å². The summed E-state index contributed by atoms with van der Waals surface area (Å²) in [5.41, 5.74) is 6.44. The van der Waals surface area contributed by atoms with Crippen molar-refractivity contribution >= 4 is 11.6 Å². The van der Waals surface area contributed by atoms with Gasteiger partial charge in [0.1, 0.15) is 12.4 Å². The van der Waals surface area contributed by atoms with Gasteiger partial charge < -0.3 is 15.4 Å². The van der Waals surface area contributed by atoms with Crippen LogP contribution in [0.25, 0.3) is 0 Å². The third-order valence-corrected chi connectivity index (χ3v) is 3.51. The fraction of sp³-hybridized carbons (Fsp3) is 0.533. The fourth-order valence-electron chi connectivity index (χ4n) is 2.30. The standard InChI is InChI=1S/C15H23N3O2/c1-17(12-15(19)18-8-4-5-9-18)10-11-20-14-7-3-2-6-13(14)16/h2-3,6-7H,4-5,8-12,16H2,1H3. The molecule has 1 amide bonds. The summed E-state index contributed by atoms with van der Waals surface area (Å²) in [5, 5.41) is 0. The van der Waals surface area contributed by atoms with E-state index >= 15 is 0 Å². The van der Waals surface area contributed by atoms with Crippen molar-refractivity contribution in [1.82, 2.24) is 9.80 Å². The number of hydrogen-bond acceptors (Lipinski definition) is 4. The smallest absolute Gasteiger partial charge is 0.236 e. The van der Waals surface area contributed by atoms with E-state index in [9.17, 15) is 4.79 Å². The molecule has 0 aromatic heterocycles. The van der Waals surface area contributed by atoms with Crippen molar-refractivity contribution in [1.29, 1.82) is 0 Å². The lowest BCUT2D eigenvalue weighted by Crippen LogP contribution is -2.38. The van der Waals surface area contributed by atoms with E-state index in [0.717, 1.165) is 25.9 Å². The normalized spacial score (nSPS) is 14.8. The number of likely N-dealkylation sites (N-methyl/N-ethyl adjacent to an activating group) is 1. The first kappa shape index (κ1) is 14.7. The number of nitrogen functional groups attached to an aromatic ring is 1. The van der Waals surface area contributed by atoms with Crippen molar-refractivity contribution in [3.05, 3.63) is 24.3 Å². The topological polar surface area (TPSA) is 58.8 Å². The van der Waals surface area contributed by atoms with Gasteiger partial charge in [-0.05, 0) is 32.0 Å². The van der Waals surface area contributed by atoms with Crippen LogP contribution in [0.4, 0.5) is 5.69 Å². The average molecular weight is 277 g/mol. The Hall–Kier alpha value is -1.75. The largest absolute Gasteiger partial charge is 0.490 e. The van der Waals surface area contributed by atoms with Crippen molar-refractivity contribution in [2.24, 2.45) is 0 Å². The van der Waals surface area contributed by atoms with E-state index in [2.05, 4.69) is 0 Å². The second-order valence-electron chi connectivity index (χ2n) is 5.21. The SMILES string of the molecule is CN(CCOc1ccccc1N)CC(=O)N1CCCC1. The molecular weight excluding hydrogens is 254 g/mol. The molecule has 1 heterocycles. The second-order valence-corrected chi connectivity index (χ2v) is 5.21. The zero-order valence-corrected chi connectivity index (χ0v) is 12.0. The average Bonchev–Trinajstić information content (AvgIpc) is 2.95. The molecule has 0 radical (unpaired) electrons. The molecule has 0 saturated carbocycles. The second kappa shape index (κ2) is 7.14.